The molecule has 0 radical (unpaired) electrons. The normalized spacial score (nSPS) is 11.3. The Morgan fingerprint density at radius 1 is 0.873 bits per heavy atom. The van der Waals surface area contributed by atoms with E-state index in [1.54, 1.807) is 78.9 Å². The van der Waals surface area contributed by atoms with E-state index >= 15 is 4.79 Å². The van der Waals surface area contributed by atoms with Crippen LogP contribution >= 0.6 is 23.2 Å². The zero-order chi connectivity index (χ0) is 40.8. The van der Waals surface area contributed by atoms with Gasteiger partial charge in [0, 0.05) is 19.2 Å². The van der Waals surface area contributed by atoms with E-state index in [0.717, 1.165) is 22.2 Å². The fourth-order valence-corrected chi connectivity index (χ4v) is 5.56. The Morgan fingerprint density at radius 3 is 1.98 bits per heavy atom. The number of hydrogen-bond donors (Lipinski definition) is 1. The summed E-state index contributed by atoms with van der Waals surface area (Å²) < 4.78 is 23.7. The van der Waals surface area contributed by atoms with Crippen molar-refractivity contribution in [1.29, 1.82) is 0 Å². The van der Waals surface area contributed by atoms with Crippen LogP contribution < -0.4 is 29.5 Å². The lowest BCUT2D eigenvalue weighted by Gasteiger charge is -2.32. The molecule has 1 N–H and O–H groups in total. The van der Waals surface area contributed by atoms with Crippen LogP contribution in [-0.2, 0) is 27.9 Å². The number of benzene rings is 2. The number of amides is 5. The van der Waals surface area contributed by atoms with Gasteiger partial charge in [-0.15, -0.1) is 0 Å². The molecule has 18 heteroatoms. The lowest BCUT2D eigenvalue weighted by Crippen LogP contribution is -2.49. The zero-order valence-corrected chi connectivity index (χ0v) is 33.4. The lowest BCUT2D eigenvalue weighted by molar-refractivity contribution is -0.111. The second-order valence-corrected chi connectivity index (χ2v) is 14.5. The van der Waals surface area contributed by atoms with Gasteiger partial charge < -0.3 is 24.3 Å². The van der Waals surface area contributed by atoms with Gasteiger partial charge in [0.1, 0.15) is 62.1 Å². The second-order valence-electron chi connectivity index (χ2n) is 13.7. The molecule has 0 atom stereocenters. The van der Waals surface area contributed by atoms with Gasteiger partial charge in [-0.3, -0.25) is 14.4 Å². The largest absolute Gasteiger partial charge is 0.495 e. The van der Waals surface area contributed by atoms with E-state index in [-0.39, 0.29) is 56.9 Å². The van der Waals surface area contributed by atoms with Crippen molar-refractivity contribution in [2.24, 2.45) is 7.05 Å². The maximum absolute atomic E-state index is 15.1. The van der Waals surface area contributed by atoms with Gasteiger partial charge >= 0.3 is 18.2 Å². The van der Waals surface area contributed by atoms with Crippen molar-refractivity contribution in [2.75, 3.05) is 34.2 Å². The quantitative estimate of drug-likeness (QED) is 0.153. The zero-order valence-electron chi connectivity index (χ0n) is 31.8. The summed E-state index contributed by atoms with van der Waals surface area (Å²) in [5.41, 5.74) is -1.63. The molecule has 0 aliphatic heterocycles. The summed E-state index contributed by atoms with van der Waals surface area (Å²) in [6.45, 7) is 13.2. The van der Waals surface area contributed by atoms with E-state index in [4.69, 9.17) is 42.1 Å². The maximum atomic E-state index is 15.1. The molecule has 4 rings (SSSR count). The highest BCUT2D eigenvalue weighted by Crippen LogP contribution is 2.47. The number of rotatable bonds is 10. The molecule has 16 nitrogen and oxygen atoms in total. The molecule has 2 aromatic carbocycles. The average Bonchev–Trinajstić information content (AvgIpc) is 3.46. The van der Waals surface area contributed by atoms with Crippen LogP contribution in [0.5, 0.6) is 11.5 Å². The van der Waals surface area contributed by atoms with Gasteiger partial charge in [0.15, 0.2) is 5.82 Å². The molecule has 0 spiro atoms. The number of halogens is 2. The summed E-state index contributed by atoms with van der Waals surface area (Å²) in [5.74, 6) is -0.788. The molecule has 5 amide bonds. The molecule has 0 aliphatic rings. The second kappa shape index (κ2) is 17.1. The van der Waals surface area contributed by atoms with Crippen LogP contribution in [0.1, 0.15) is 47.1 Å². The van der Waals surface area contributed by atoms with Crippen molar-refractivity contribution in [2.45, 2.75) is 59.3 Å². The molecular formula is C37H42Cl2N8O8. The molecule has 0 aliphatic carbocycles. The van der Waals surface area contributed by atoms with Gasteiger partial charge in [0.2, 0.25) is 5.91 Å². The fourth-order valence-electron chi connectivity index (χ4n) is 4.89. The predicted octanol–water partition coefficient (Wildman–Crippen LogP) is 8.30. The van der Waals surface area contributed by atoms with Gasteiger partial charge in [0.05, 0.1) is 27.0 Å². The van der Waals surface area contributed by atoms with Gasteiger partial charge in [-0.2, -0.15) is 10.00 Å². The highest BCUT2D eigenvalue weighted by molar-refractivity contribution is 6.43. The molecule has 0 saturated carbocycles. The smallest absolute Gasteiger partial charge is 0.423 e. The third-order valence-electron chi connectivity index (χ3n) is 7.14. The van der Waals surface area contributed by atoms with Crippen LogP contribution in [0.25, 0.3) is 0 Å². The van der Waals surface area contributed by atoms with E-state index in [0.29, 0.717) is 10.5 Å². The third-order valence-corrected chi connectivity index (χ3v) is 7.87. The Hall–Kier alpha value is -5.87. The molecule has 2 aromatic heterocycles. The van der Waals surface area contributed by atoms with E-state index in [2.05, 4.69) is 27.0 Å². The fraction of sp³-hybridized carbons (Fsp3) is 0.324. The van der Waals surface area contributed by atoms with Crippen LogP contribution in [0.3, 0.4) is 0 Å². The monoisotopic (exact) mass is 796 g/mol. The Kier molecular flexibility index (Phi) is 13.0. The lowest BCUT2D eigenvalue weighted by atomic mass is 10.2. The van der Waals surface area contributed by atoms with Crippen LogP contribution in [0, 0.1) is 0 Å². The minimum absolute atomic E-state index is 0.0425. The minimum atomic E-state index is -1.14. The SMILES string of the molecule is C=CC(=O)Nc1cn(C)nc1N(C(=O)OC(C)(C)C)c1cc(N(Cc2ccccc2)C(=O)N(C(=O)OC(C)(C)C)c2c(Cl)c(OC)cc(OC)c2Cl)ncn1. The Bertz CT molecular complexity index is 2050. The van der Waals surface area contributed by atoms with Gasteiger partial charge in [0.25, 0.3) is 0 Å². The summed E-state index contributed by atoms with van der Waals surface area (Å²) in [5, 5.41) is 6.64. The average molecular weight is 798 g/mol. The molecule has 0 unspecified atom stereocenters. The summed E-state index contributed by atoms with van der Waals surface area (Å²) in [6, 6.07) is 10.5. The number of methoxy groups -OCH3 is 2. The maximum Gasteiger partial charge on any atom is 0.423 e. The Balaban J connectivity index is 2.00. The molecule has 4 aromatic rings. The van der Waals surface area contributed by atoms with Crippen LogP contribution in [0.4, 0.5) is 43.2 Å². The number of imide groups is 1. The number of urea groups is 1. The van der Waals surface area contributed by atoms with Gasteiger partial charge in [-0.1, -0.05) is 60.1 Å². The number of nitrogens with zero attached hydrogens (tertiary/aromatic N) is 7. The van der Waals surface area contributed by atoms with Crippen LogP contribution in [0.15, 0.2) is 67.6 Å². The Morgan fingerprint density at radius 2 is 1.44 bits per heavy atom. The van der Waals surface area contributed by atoms with Crippen molar-refractivity contribution in [3.8, 4) is 11.5 Å². The molecule has 0 bridgehead atoms. The van der Waals surface area contributed by atoms with E-state index in [1.165, 1.54) is 37.2 Å². The predicted molar refractivity (Wildman–Crippen MR) is 209 cm³/mol. The first-order chi connectivity index (χ1) is 25.8. The minimum Gasteiger partial charge on any atom is -0.495 e. The van der Waals surface area contributed by atoms with Gasteiger partial charge in [-0.05, 0) is 53.2 Å². The van der Waals surface area contributed by atoms with Crippen molar-refractivity contribution in [1.82, 2.24) is 19.7 Å². The summed E-state index contributed by atoms with van der Waals surface area (Å²) >= 11 is 13.6. The number of anilines is 5. The van der Waals surface area contributed by atoms with Crippen molar-refractivity contribution < 1.29 is 38.1 Å². The first-order valence-electron chi connectivity index (χ1n) is 16.6. The molecule has 0 fully saturated rings. The number of carbonyl (C=O) groups excluding carboxylic acids is 4. The molecule has 292 valence electrons. The Labute approximate surface area is 328 Å². The molecular weight excluding hydrogens is 755 g/mol. The number of aryl methyl sites for hydroxylation is 1. The molecule has 55 heavy (non-hydrogen) atoms. The van der Waals surface area contributed by atoms with Crippen molar-refractivity contribution in [3.63, 3.8) is 0 Å². The number of hydrogen-bond acceptors (Lipinski definition) is 11. The molecule has 2 heterocycles. The van der Waals surface area contributed by atoms with Crippen LogP contribution in [0.2, 0.25) is 10.0 Å². The first-order valence-corrected chi connectivity index (χ1v) is 17.3. The standard InChI is InChI=1S/C37H42Cl2N8O8/c1-11-28(48)42-23-20-44(8)43-32(23)46(34(50)54-36(2,3)4)27-18-26(40-21-41-27)45(19-22-15-13-12-14-16-22)33(49)47(35(51)55-37(5,6)7)31-29(38)24(52-9)17-25(53-10)30(31)39/h11-18,20-21H,1,19H2,2-10H3,(H,42,48). The topological polar surface area (TPSA) is 171 Å². The van der Waals surface area contributed by atoms with E-state index in [9.17, 15) is 14.4 Å². The highest BCUT2D eigenvalue weighted by atomic mass is 35.5. The van der Waals surface area contributed by atoms with Gasteiger partial charge in [-0.25, -0.2) is 29.3 Å². The summed E-state index contributed by atoms with van der Waals surface area (Å²) in [4.78, 5) is 67.1. The molecule has 0 saturated heterocycles. The van der Waals surface area contributed by atoms with Crippen LogP contribution in [-0.4, -0.2) is 69.3 Å². The van der Waals surface area contributed by atoms with E-state index in [1.807, 2.05) is 0 Å². The number of carbonyl (C=O) groups is 4. The number of aromatic nitrogens is 4. The summed E-state index contributed by atoms with van der Waals surface area (Å²) in [6.07, 6.45) is 1.55. The van der Waals surface area contributed by atoms with E-state index < -0.39 is 35.3 Å². The van der Waals surface area contributed by atoms with Crippen molar-refractivity contribution in [3.05, 3.63) is 83.3 Å². The first kappa shape index (κ1) is 41.9. The number of ether oxygens (including phenoxy) is 4. The number of nitrogens with one attached hydrogen (secondary N) is 1. The summed E-state index contributed by atoms with van der Waals surface area (Å²) in [7, 11) is 4.27. The highest BCUT2D eigenvalue weighted by Gasteiger charge is 2.39. The third kappa shape index (κ3) is 10.2. The van der Waals surface area contributed by atoms with Crippen molar-refractivity contribution >= 4 is 76.2 Å².